The Hall–Kier alpha value is -4.81. The molecule has 0 aromatic carbocycles. The number of nitrogens with one attached hydrogen (secondary N) is 5. The summed E-state index contributed by atoms with van der Waals surface area (Å²) < 4.78 is 0. The van der Waals surface area contributed by atoms with Crippen molar-refractivity contribution in [2.75, 3.05) is 0 Å². The molecule has 19 nitrogen and oxygen atoms in total. The van der Waals surface area contributed by atoms with Crippen LogP contribution in [-0.4, -0.2) is 105 Å². The summed E-state index contributed by atoms with van der Waals surface area (Å²) in [7, 11) is 0. The average molecular weight is 702 g/mol. The van der Waals surface area contributed by atoms with Gasteiger partial charge in [0.2, 0.25) is 35.4 Å². The van der Waals surface area contributed by atoms with Gasteiger partial charge in [0.05, 0.1) is 18.9 Å². The summed E-state index contributed by atoms with van der Waals surface area (Å²) in [5, 5.41) is 39.6. The summed E-state index contributed by atoms with van der Waals surface area (Å²) in [5.74, 6) is -11.3. The van der Waals surface area contributed by atoms with E-state index in [1.54, 1.807) is 41.5 Å². The van der Waals surface area contributed by atoms with Gasteiger partial charge < -0.3 is 53.4 Å². The summed E-state index contributed by atoms with van der Waals surface area (Å²) in [5.41, 5.74) is 10.9. The first-order chi connectivity index (χ1) is 22.6. The zero-order valence-corrected chi connectivity index (χ0v) is 28.6. The van der Waals surface area contributed by atoms with Crippen LogP contribution in [0.15, 0.2) is 0 Å². The number of carboxylic acid groups (broad SMARTS) is 3. The Morgan fingerprint density at radius 3 is 1.55 bits per heavy atom. The van der Waals surface area contributed by atoms with Crippen LogP contribution in [0.5, 0.6) is 0 Å². The van der Waals surface area contributed by atoms with Gasteiger partial charge in [0.25, 0.3) is 0 Å². The summed E-state index contributed by atoms with van der Waals surface area (Å²) in [6.45, 7) is 9.99. The lowest BCUT2D eigenvalue weighted by atomic mass is 9.96. The molecule has 6 amide bonds. The topological polar surface area (TPSA) is 327 Å². The number of amides is 6. The van der Waals surface area contributed by atoms with Gasteiger partial charge in [-0.25, -0.2) is 4.79 Å². The Labute approximate surface area is 284 Å². The van der Waals surface area contributed by atoms with Crippen LogP contribution in [0.3, 0.4) is 0 Å². The molecule has 0 radical (unpaired) electrons. The zero-order valence-electron chi connectivity index (χ0n) is 28.6. The molecule has 0 aliphatic heterocycles. The Balaban J connectivity index is 6.27. The van der Waals surface area contributed by atoms with Gasteiger partial charge in [-0.15, -0.1) is 0 Å². The third-order valence-electron chi connectivity index (χ3n) is 7.47. The molecule has 0 unspecified atom stereocenters. The minimum atomic E-state index is -1.69. The third kappa shape index (κ3) is 16.7. The molecule has 0 heterocycles. The Morgan fingerprint density at radius 2 is 1.10 bits per heavy atom. The number of primary amides is 1. The van der Waals surface area contributed by atoms with Crippen molar-refractivity contribution in [3.63, 3.8) is 0 Å². The van der Waals surface area contributed by atoms with Crippen molar-refractivity contribution in [3.8, 4) is 0 Å². The molecule has 0 bridgehead atoms. The van der Waals surface area contributed by atoms with E-state index in [1.165, 1.54) is 0 Å². The number of carbonyl (C=O) groups excluding carboxylic acids is 6. The molecule has 12 N–H and O–H groups in total. The smallest absolute Gasteiger partial charge is 0.326 e. The third-order valence-corrected chi connectivity index (χ3v) is 7.47. The van der Waals surface area contributed by atoms with E-state index in [2.05, 4.69) is 26.6 Å². The maximum absolute atomic E-state index is 13.5. The quantitative estimate of drug-likeness (QED) is 0.0541. The SMILES string of the molecule is CC[C@H](C)[C@H](NC(=O)[C@H](CC(C)C)NC(=O)[C@H](CCC(=O)O)NC(=O)[C@H](CC(=O)O)NC(=O)[C@@H](N)C(C)C)C(=O)N[C@@H](CC(N)=O)C(=O)O. The van der Waals surface area contributed by atoms with Crippen LogP contribution < -0.4 is 38.1 Å². The van der Waals surface area contributed by atoms with Gasteiger partial charge in [-0.2, -0.15) is 0 Å². The van der Waals surface area contributed by atoms with Crippen LogP contribution in [0.4, 0.5) is 0 Å². The van der Waals surface area contributed by atoms with Gasteiger partial charge in [-0.05, 0) is 30.6 Å². The van der Waals surface area contributed by atoms with Crippen molar-refractivity contribution in [1.82, 2.24) is 26.6 Å². The second-order valence-electron chi connectivity index (χ2n) is 12.6. The second-order valence-corrected chi connectivity index (χ2v) is 12.6. The number of aliphatic carboxylic acids is 3. The van der Waals surface area contributed by atoms with Crippen LogP contribution in [0.25, 0.3) is 0 Å². The normalized spacial score (nSPS) is 15.4. The molecule has 278 valence electrons. The Kier molecular flexibility index (Phi) is 19.1. The maximum atomic E-state index is 13.5. The highest BCUT2D eigenvalue weighted by atomic mass is 16.4. The van der Waals surface area contributed by atoms with Crippen LogP contribution in [0.1, 0.15) is 80.1 Å². The summed E-state index contributed by atoms with van der Waals surface area (Å²) >= 11 is 0. The first-order valence-electron chi connectivity index (χ1n) is 15.8. The van der Waals surface area contributed by atoms with Crippen molar-refractivity contribution in [3.05, 3.63) is 0 Å². The van der Waals surface area contributed by atoms with E-state index < -0.39 is 121 Å². The monoisotopic (exact) mass is 701 g/mol. The van der Waals surface area contributed by atoms with Crippen LogP contribution in [0.2, 0.25) is 0 Å². The molecule has 49 heavy (non-hydrogen) atoms. The van der Waals surface area contributed by atoms with Gasteiger partial charge in [-0.1, -0.05) is 48.0 Å². The average Bonchev–Trinajstić information content (AvgIpc) is 2.98. The predicted octanol–water partition coefficient (Wildman–Crippen LogP) is -2.21. The van der Waals surface area contributed by atoms with E-state index in [9.17, 15) is 58.5 Å². The van der Waals surface area contributed by atoms with E-state index in [1.807, 2.05) is 0 Å². The van der Waals surface area contributed by atoms with Crippen LogP contribution in [0, 0.1) is 17.8 Å². The lowest BCUT2D eigenvalue weighted by Crippen LogP contribution is -2.60. The molecule has 0 spiro atoms. The molecule has 0 rings (SSSR count). The molecular weight excluding hydrogens is 650 g/mol. The van der Waals surface area contributed by atoms with E-state index in [0.29, 0.717) is 6.42 Å². The first-order valence-corrected chi connectivity index (χ1v) is 15.8. The zero-order chi connectivity index (χ0) is 38.2. The number of carboxylic acids is 3. The van der Waals surface area contributed by atoms with Crippen LogP contribution >= 0.6 is 0 Å². The fourth-order valence-corrected chi connectivity index (χ4v) is 4.36. The van der Waals surface area contributed by atoms with E-state index in [4.69, 9.17) is 11.5 Å². The van der Waals surface area contributed by atoms with Crippen LogP contribution in [-0.2, 0) is 43.2 Å². The van der Waals surface area contributed by atoms with E-state index in [-0.39, 0.29) is 18.3 Å². The minimum Gasteiger partial charge on any atom is -0.481 e. The summed E-state index contributed by atoms with van der Waals surface area (Å²) in [6, 6.07) is -8.74. The molecule has 7 atom stereocenters. The number of hydrogen-bond acceptors (Lipinski definition) is 10. The standard InChI is InChI=1S/C30H51N7O12/c1-7-15(6)24(29(47)36-19(30(48)49)11-20(31)38)37-27(45)17(10-13(2)3)34-25(43)16(8-9-21(39)40)33-26(44)18(12-22(41)42)35-28(46)23(32)14(4)5/h13-19,23-24H,7-12,32H2,1-6H3,(H2,31,38)(H,33,44)(H,34,43)(H,35,46)(H,36,47)(H,37,45)(H,39,40)(H,41,42)(H,48,49)/t15-,16-,17-,18-,19-,23-,24-/m0/s1. The molecule has 0 aliphatic carbocycles. The molecule has 0 saturated heterocycles. The van der Waals surface area contributed by atoms with Crippen molar-refractivity contribution in [1.29, 1.82) is 0 Å². The maximum Gasteiger partial charge on any atom is 0.326 e. The summed E-state index contributed by atoms with van der Waals surface area (Å²) in [6.07, 6.45) is -2.38. The largest absolute Gasteiger partial charge is 0.481 e. The van der Waals surface area contributed by atoms with Crippen molar-refractivity contribution in [2.45, 2.75) is 116 Å². The van der Waals surface area contributed by atoms with Gasteiger partial charge in [0.15, 0.2) is 0 Å². The molecular formula is C30H51N7O12. The number of hydrogen-bond donors (Lipinski definition) is 10. The second kappa shape index (κ2) is 21.2. The molecule has 0 aromatic rings. The highest BCUT2D eigenvalue weighted by Crippen LogP contribution is 2.13. The molecule has 0 fully saturated rings. The molecule has 19 heteroatoms. The minimum absolute atomic E-state index is 0.00374. The predicted molar refractivity (Wildman–Crippen MR) is 172 cm³/mol. The number of carbonyl (C=O) groups is 9. The van der Waals surface area contributed by atoms with Gasteiger partial charge in [0, 0.05) is 6.42 Å². The van der Waals surface area contributed by atoms with Crippen molar-refractivity contribution in [2.24, 2.45) is 29.2 Å². The molecule has 0 saturated carbocycles. The fourth-order valence-electron chi connectivity index (χ4n) is 4.36. The fraction of sp³-hybridized carbons (Fsp3) is 0.700. The Morgan fingerprint density at radius 1 is 0.612 bits per heavy atom. The molecule has 0 aromatic heterocycles. The number of rotatable bonds is 23. The highest BCUT2D eigenvalue weighted by Gasteiger charge is 2.35. The number of nitrogens with two attached hydrogens (primary N) is 2. The highest BCUT2D eigenvalue weighted by molar-refractivity contribution is 5.97. The van der Waals surface area contributed by atoms with E-state index >= 15 is 0 Å². The molecule has 0 aliphatic rings. The van der Waals surface area contributed by atoms with Gasteiger partial charge in [-0.3, -0.25) is 38.4 Å². The van der Waals surface area contributed by atoms with Gasteiger partial charge >= 0.3 is 17.9 Å². The van der Waals surface area contributed by atoms with Crippen molar-refractivity contribution < 1.29 is 58.5 Å². The van der Waals surface area contributed by atoms with Crippen molar-refractivity contribution >= 4 is 53.4 Å². The van der Waals surface area contributed by atoms with E-state index in [0.717, 1.165) is 0 Å². The lowest BCUT2D eigenvalue weighted by Gasteiger charge is -2.29. The van der Waals surface area contributed by atoms with Gasteiger partial charge in [0.1, 0.15) is 30.2 Å². The first kappa shape index (κ1) is 44.2. The lowest BCUT2D eigenvalue weighted by molar-refractivity contribution is -0.144. The Bertz CT molecular complexity index is 1230. The summed E-state index contributed by atoms with van der Waals surface area (Å²) in [4.78, 5) is 111.